The standard InChI is InChI=1S/C9H10O2.C8H11N/c1-7-2-4-8(5-3-7)6-9(10)11;1-7(9)8-5-3-2-4-6-8/h2-5H,6H2,1H3,(H,10,11);2-7H,9H2,1H3/t;7-/m.1/s1. The summed E-state index contributed by atoms with van der Waals surface area (Å²) in [7, 11) is 0. The molecule has 3 N–H and O–H groups in total. The van der Waals surface area contributed by atoms with Gasteiger partial charge in [0.05, 0.1) is 0 Å². The predicted octanol–water partition coefficient (Wildman–Crippen LogP) is 1.28. The van der Waals surface area contributed by atoms with E-state index in [2.05, 4.69) is 24.8 Å². The van der Waals surface area contributed by atoms with Gasteiger partial charge in [0.2, 0.25) is 0 Å². The number of rotatable bonds is 3. The zero-order chi connectivity index (χ0) is 15.0. The Morgan fingerprint density at radius 2 is 1.65 bits per heavy atom. The summed E-state index contributed by atoms with van der Waals surface area (Å²) < 4.78 is 0. The van der Waals surface area contributed by atoms with Crippen LogP contribution in [0.5, 0.6) is 0 Å². The van der Waals surface area contributed by atoms with Crippen LogP contribution in [0.3, 0.4) is 0 Å². The lowest BCUT2D eigenvalue weighted by Gasteiger charge is -2.01. The number of carboxylic acids is 1. The van der Waals surface area contributed by atoms with Crippen molar-refractivity contribution < 1.29 is 15.6 Å². The van der Waals surface area contributed by atoms with Crippen molar-refractivity contribution in [1.82, 2.24) is 0 Å². The van der Waals surface area contributed by atoms with E-state index in [1.165, 1.54) is 5.56 Å². The van der Waals surface area contributed by atoms with Crippen LogP contribution < -0.4 is 10.8 Å². The van der Waals surface area contributed by atoms with Crippen LogP contribution in [0.4, 0.5) is 0 Å². The molecule has 0 bridgehead atoms. The summed E-state index contributed by atoms with van der Waals surface area (Å²) in [5, 5.41) is 10.1. The van der Waals surface area contributed by atoms with Gasteiger partial charge in [-0.05, 0) is 19.4 Å². The van der Waals surface area contributed by atoms with Crippen molar-refractivity contribution in [2.45, 2.75) is 26.3 Å². The van der Waals surface area contributed by atoms with Crippen molar-refractivity contribution in [3.8, 4) is 0 Å². The summed E-state index contributed by atoms with van der Waals surface area (Å²) in [6.45, 7) is 4.05. The average Bonchev–Trinajstić information content (AvgIpc) is 2.43. The van der Waals surface area contributed by atoms with Gasteiger partial charge in [0.1, 0.15) is 6.04 Å². The number of benzene rings is 2. The normalized spacial score (nSPS) is 11.2. The molecule has 106 valence electrons. The Kier molecular flexibility index (Phi) is 6.47. The SMILES string of the molecule is C[C@@H]([NH3+])c1ccccc1.Cc1ccc(CC(=O)[O-])cc1. The average molecular weight is 271 g/mol. The minimum atomic E-state index is -1.03. The molecule has 0 aliphatic heterocycles. The van der Waals surface area contributed by atoms with Gasteiger partial charge in [-0.2, -0.15) is 0 Å². The fourth-order valence-electron chi connectivity index (χ4n) is 1.65. The van der Waals surface area contributed by atoms with Gasteiger partial charge >= 0.3 is 0 Å². The van der Waals surface area contributed by atoms with Crippen LogP contribution in [0.2, 0.25) is 0 Å². The topological polar surface area (TPSA) is 67.8 Å². The first-order valence-corrected chi connectivity index (χ1v) is 6.62. The van der Waals surface area contributed by atoms with Crippen molar-refractivity contribution in [3.63, 3.8) is 0 Å². The third kappa shape index (κ3) is 6.16. The van der Waals surface area contributed by atoms with Crippen LogP contribution in [0.15, 0.2) is 54.6 Å². The van der Waals surface area contributed by atoms with Crippen LogP contribution in [0, 0.1) is 6.92 Å². The minimum Gasteiger partial charge on any atom is -0.550 e. The number of hydrogen-bond donors (Lipinski definition) is 1. The Hall–Kier alpha value is -2.13. The molecule has 0 unspecified atom stereocenters. The highest BCUT2D eigenvalue weighted by Crippen LogP contribution is 2.04. The van der Waals surface area contributed by atoms with Gasteiger partial charge in [-0.25, -0.2) is 0 Å². The highest BCUT2D eigenvalue weighted by molar-refractivity contribution is 5.67. The monoisotopic (exact) mass is 271 g/mol. The van der Waals surface area contributed by atoms with Gasteiger partial charge in [-0.15, -0.1) is 0 Å². The van der Waals surface area contributed by atoms with E-state index in [-0.39, 0.29) is 6.42 Å². The second-order valence-corrected chi connectivity index (χ2v) is 4.85. The zero-order valence-corrected chi connectivity index (χ0v) is 12.0. The molecule has 0 aliphatic carbocycles. The molecular weight excluding hydrogens is 250 g/mol. The van der Waals surface area contributed by atoms with Crippen molar-refractivity contribution in [3.05, 3.63) is 71.3 Å². The van der Waals surface area contributed by atoms with Gasteiger partial charge in [-0.3, -0.25) is 0 Å². The molecule has 0 aromatic heterocycles. The fraction of sp³-hybridized carbons (Fsp3) is 0.235. The molecular formula is C17H21NO2. The van der Waals surface area contributed by atoms with Crippen LogP contribution in [0.25, 0.3) is 0 Å². The first-order chi connectivity index (χ1) is 9.49. The van der Waals surface area contributed by atoms with Crippen molar-refractivity contribution >= 4 is 5.97 Å². The van der Waals surface area contributed by atoms with Crippen molar-refractivity contribution in [2.24, 2.45) is 0 Å². The number of carboxylic acid groups (broad SMARTS) is 1. The molecule has 0 amide bonds. The van der Waals surface area contributed by atoms with Crippen LogP contribution in [-0.4, -0.2) is 5.97 Å². The molecule has 0 saturated heterocycles. The van der Waals surface area contributed by atoms with Crippen LogP contribution >= 0.6 is 0 Å². The number of hydrogen-bond acceptors (Lipinski definition) is 2. The highest BCUT2D eigenvalue weighted by atomic mass is 16.4. The van der Waals surface area contributed by atoms with E-state index in [1.54, 1.807) is 12.1 Å². The van der Waals surface area contributed by atoms with E-state index < -0.39 is 5.97 Å². The maximum Gasteiger partial charge on any atom is 0.107 e. The Morgan fingerprint density at radius 3 is 2.05 bits per heavy atom. The largest absolute Gasteiger partial charge is 0.550 e. The Balaban J connectivity index is 0.000000204. The lowest BCUT2D eigenvalue weighted by Crippen LogP contribution is -2.51. The Morgan fingerprint density at radius 1 is 1.10 bits per heavy atom. The molecule has 2 rings (SSSR count). The summed E-state index contributed by atoms with van der Waals surface area (Å²) in [4.78, 5) is 10.1. The predicted molar refractivity (Wildman–Crippen MR) is 77.6 cm³/mol. The third-order valence-corrected chi connectivity index (χ3v) is 2.84. The molecule has 0 fully saturated rings. The van der Waals surface area contributed by atoms with E-state index in [4.69, 9.17) is 0 Å². The summed E-state index contributed by atoms with van der Waals surface area (Å²) in [5.41, 5.74) is 7.13. The third-order valence-electron chi connectivity index (χ3n) is 2.84. The van der Waals surface area contributed by atoms with Crippen LogP contribution in [-0.2, 0) is 11.2 Å². The van der Waals surface area contributed by atoms with Gasteiger partial charge in [-0.1, -0.05) is 60.2 Å². The number of quaternary nitrogens is 1. The fourth-order valence-corrected chi connectivity index (χ4v) is 1.65. The molecule has 0 radical (unpaired) electrons. The number of carbonyl (C=O) groups excluding carboxylic acids is 1. The van der Waals surface area contributed by atoms with E-state index in [0.717, 1.165) is 11.1 Å². The molecule has 3 heteroatoms. The summed E-state index contributed by atoms with van der Waals surface area (Å²) in [6.07, 6.45) is 0.000278. The molecule has 3 nitrogen and oxygen atoms in total. The van der Waals surface area contributed by atoms with E-state index in [9.17, 15) is 9.90 Å². The number of carbonyl (C=O) groups is 1. The Bertz CT molecular complexity index is 518. The maximum absolute atomic E-state index is 10.1. The Labute approximate surface area is 120 Å². The van der Waals surface area contributed by atoms with E-state index >= 15 is 0 Å². The van der Waals surface area contributed by atoms with E-state index in [1.807, 2.05) is 37.3 Å². The number of aliphatic carboxylic acids is 1. The van der Waals surface area contributed by atoms with Gasteiger partial charge in [0.25, 0.3) is 0 Å². The second-order valence-electron chi connectivity index (χ2n) is 4.85. The van der Waals surface area contributed by atoms with E-state index in [0.29, 0.717) is 6.04 Å². The maximum atomic E-state index is 10.1. The smallest absolute Gasteiger partial charge is 0.107 e. The lowest BCUT2D eigenvalue weighted by molar-refractivity contribution is -0.420. The molecule has 0 spiro atoms. The lowest BCUT2D eigenvalue weighted by atomic mass is 10.1. The van der Waals surface area contributed by atoms with Gasteiger partial charge in [0.15, 0.2) is 0 Å². The van der Waals surface area contributed by atoms with Crippen molar-refractivity contribution in [1.29, 1.82) is 0 Å². The highest BCUT2D eigenvalue weighted by Gasteiger charge is 1.97. The van der Waals surface area contributed by atoms with Crippen LogP contribution in [0.1, 0.15) is 29.7 Å². The second kappa shape index (κ2) is 8.12. The minimum absolute atomic E-state index is 0.000278. The first kappa shape index (κ1) is 15.9. The zero-order valence-electron chi connectivity index (χ0n) is 12.0. The summed E-state index contributed by atoms with van der Waals surface area (Å²) in [6, 6.07) is 18.1. The van der Waals surface area contributed by atoms with Crippen molar-refractivity contribution in [2.75, 3.05) is 0 Å². The molecule has 0 aliphatic rings. The molecule has 1 atom stereocenters. The molecule has 0 saturated carbocycles. The summed E-state index contributed by atoms with van der Waals surface area (Å²) in [5.74, 6) is -1.03. The molecule has 20 heavy (non-hydrogen) atoms. The molecule has 2 aromatic rings. The number of aryl methyl sites for hydroxylation is 1. The van der Waals surface area contributed by atoms with Gasteiger partial charge < -0.3 is 15.6 Å². The molecule has 0 heterocycles. The van der Waals surface area contributed by atoms with Gasteiger partial charge in [0, 0.05) is 18.0 Å². The molecule has 2 aromatic carbocycles. The summed E-state index contributed by atoms with van der Waals surface area (Å²) >= 11 is 0. The quantitative estimate of drug-likeness (QED) is 0.913. The first-order valence-electron chi connectivity index (χ1n) is 6.62.